The molecule has 0 saturated heterocycles. The van der Waals surface area contributed by atoms with Gasteiger partial charge >= 0.3 is 12.0 Å². The SMILES string of the molecule is CC(CNC(=O)N(CC(=O)O)C(C)C)c1nccs1. The van der Waals surface area contributed by atoms with E-state index in [0.29, 0.717) is 6.54 Å². The number of amides is 2. The van der Waals surface area contributed by atoms with Crippen molar-refractivity contribution in [3.8, 4) is 0 Å². The lowest BCUT2D eigenvalue weighted by atomic mass is 10.2. The second-order valence-electron chi connectivity index (χ2n) is 4.57. The van der Waals surface area contributed by atoms with Gasteiger partial charge in [-0.1, -0.05) is 6.92 Å². The molecular weight excluding hydrogens is 266 g/mol. The molecule has 2 amide bonds. The molecule has 1 unspecified atom stereocenters. The summed E-state index contributed by atoms with van der Waals surface area (Å²) >= 11 is 1.54. The molecular formula is C12H19N3O3S. The minimum Gasteiger partial charge on any atom is -0.480 e. The molecule has 0 saturated carbocycles. The Morgan fingerprint density at radius 3 is 2.63 bits per heavy atom. The number of rotatable bonds is 6. The zero-order valence-corrected chi connectivity index (χ0v) is 12.1. The summed E-state index contributed by atoms with van der Waals surface area (Å²) in [6.07, 6.45) is 1.73. The van der Waals surface area contributed by atoms with Gasteiger partial charge in [0, 0.05) is 30.1 Å². The number of nitrogens with zero attached hydrogens (tertiary/aromatic N) is 2. The Bertz CT molecular complexity index is 420. The summed E-state index contributed by atoms with van der Waals surface area (Å²) < 4.78 is 0. The molecule has 106 valence electrons. The fraction of sp³-hybridized carbons (Fsp3) is 0.583. The standard InChI is InChI=1S/C12H19N3O3S/c1-8(2)15(7-10(16)17)12(18)14-6-9(3)11-13-4-5-19-11/h4-5,8-9H,6-7H2,1-3H3,(H,14,18)(H,16,17). The van der Waals surface area contributed by atoms with E-state index in [4.69, 9.17) is 5.11 Å². The van der Waals surface area contributed by atoms with E-state index in [2.05, 4.69) is 10.3 Å². The molecule has 0 aliphatic carbocycles. The van der Waals surface area contributed by atoms with Crippen LogP contribution in [0.15, 0.2) is 11.6 Å². The second kappa shape index (κ2) is 7.08. The van der Waals surface area contributed by atoms with Gasteiger partial charge in [-0.2, -0.15) is 0 Å². The van der Waals surface area contributed by atoms with Crippen molar-refractivity contribution in [1.29, 1.82) is 0 Å². The van der Waals surface area contributed by atoms with E-state index in [0.717, 1.165) is 5.01 Å². The van der Waals surface area contributed by atoms with Gasteiger partial charge in [-0.15, -0.1) is 11.3 Å². The van der Waals surface area contributed by atoms with Gasteiger partial charge < -0.3 is 15.3 Å². The number of carbonyl (C=O) groups excluding carboxylic acids is 1. The first-order valence-corrected chi connectivity index (χ1v) is 6.95. The largest absolute Gasteiger partial charge is 0.480 e. The number of carbonyl (C=O) groups is 2. The molecule has 1 aromatic heterocycles. The van der Waals surface area contributed by atoms with Crippen LogP contribution in [0.2, 0.25) is 0 Å². The van der Waals surface area contributed by atoms with Gasteiger partial charge in [-0.25, -0.2) is 9.78 Å². The van der Waals surface area contributed by atoms with E-state index < -0.39 is 5.97 Å². The molecule has 7 heteroatoms. The maximum absolute atomic E-state index is 11.9. The first kappa shape index (κ1) is 15.4. The zero-order chi connectivity index (χ0) is 14.4. The molecule has 0 bridgehead atoms. The molecule has 0 spiro atoms. The molecule has 1 heterocycles. The lowest BCUT2D eigenvalue weighted by Crippen LogP contribution is -2.47. The average Bonchev–Trinajstić information content (AvgIpc) is 2.85. The molecule has 2 N–H and O–H groups in total. The average molecular weight is 285 g/mol. The van der Waals surface area contributed by atoms with Crippen LogP contribution in [0.1, 0.15) is 31.7 Å². The third-order valence-corrected chi connectivity index (χ3v) is 3.63. The van der Waals surface area contributed by atoms with Gasteiger partial charge in [0.2, 0.25) is 0 Å². The van der Waals surface area contributed by atoms with Gasteiger partial charge in [-0.05, 0) is 13.8 Å². The quantitative estimate of drug-likeness (QED) is 0.834. The molecule has 1 rings (SSSR count). The molecule has 0 radical (unpaired) electrons. The van der Waals surface area contributed by atoms with E-state index in [9.17, 15) is 9.59 Å². The highest BCUT2D eigenvalue weighted by molar-refractivity contribution is 7.09. The van der Waals surface area contributed by atoms with Crippen LogP contribution in [0.4, 0.5) is 4.79 Å². The molecule has 1 atom stereocenters. The summed E-state index contributed by atoms with van der Waals surface area (Å²) in [5.74, 6) is -0.903. The van der Waals surface area contributed by atoms with Gasteiger partial charge in [0.15, 0.2) is 0 Å². The Kier molecular flexibility index (Phi) is 5.75. The van der Waals surface area contributed by atoms with Crippen LogP contribution in [0.25, 0.3) is 0 Å². The number of urea groups is 1. The maximum Gasteiger partial charge on any atom is 0.323 e. The van der Waals surface area contributed by atoms with Gasteiger partial charge in [-0.3, -0.25) is 4.79 Å². The van der Waals surface area contributed by atoms with Crippen molar-refractivity contribution < 1.29 is 14.7 Å². The summed E-state index contributed by atoms with van der Waals surface area (Å²) in [6, 6.07) is -0.521. The van der Waals surface area contributed by atoms with Crippen LogP contribution < -0.4 is 5.32 Å². The lowest BCUT2D eigenvalue weighted by Gasteiger charge is -2.25. The first-order chi connectivity index (χ1) is 8.91. The molecule has 0 fully saturated rings. The summed E-state index contributed by atoms with van der Waals surface area (Å²) in [6.45, 7) is 5.68. The number of nitrogens with one attached hydrogen (secondary N) is 1. The van der Waals surface area contributed by atoms with Crippen molar-refractivity contribution >= 4 is 23.3 Å². The summed E-state index contributed by atoms with van der Waals surface area (Å²) in [7, 11) is 0. The number of aliphatic carboxylic acids is 1. The van der Waals surface area contributed by atoms with Crippen LogP contribution in [0.3, 0.4) is 0 Å². The highest BCUT2D eigenvalue weighted by Crippen LogP contribution is 2.16. The summed E-state index contributed by atoms with van der Waals surface area (Å²) in [5, 5.41) is 14.4. The van der Waals surface area contributed by atoms with Crippen molar-refractivity contribution in [3.05, 3.63) is 16.6 Å². The Labute approximate surface area is 116 Å². The molecule has 6 nitrogen and oxygen atoms in total. The minimum absolute atomic E-state index is 0.114. The van der Waals surface area contributed by atoms with E-state index >= 15 is 0 Å². The van der Waals surface area contributed by atoms with Crippen LogP contribution >= 0.6 is 11.3 Å². The van der Waals surface area contributed by atoms with Gasteiger partial charge in [0.25, 0.3) is 0 Å². The van der Waals surface area contributed by atoms with Crippen LogP contribution in [-0.2, 0) is 4.79 Å². The fourth-order valence-electron chi connectivity index (χ4n) is 1.54. The van der Waals surface area contributed by atoms with Crippen molar-refractivity contribution in [3.63, 3.8) is 0 Å². The zero-order valence-electron chi connectivity index (χ0n) is 11.3. The number of aromatic nitrogens is 1. The van der Waals surface area contributed by atoms with E-state index in [1.165, 1.54) is 16.2 Å². The molecule has 1 aromatic rings. The number of carboxylic acids is 1. The van der Waals surface area contributed by atoms with Crippen molar-refractivity contribution in [1.82, 2.24) is 15.2 Å². The first-order valence-electron chi connectivity index (χ1n) is 6.07. The minimum atomic E-state index is -1.02. The van der Waals surface area contributed by atoms with E-state index in [-0.39, 0.29) is 24.5 Å². The third kappa shape index (κ3) is 4.86. The van der Waals surface area contributed by atoms with Crippen LogP contribution in [0.5, 0.6) is 0 Å². The smallest absolute Gasteiger partial charge is 0.323 e. The Balaban J connectivity index is 2.50. The van der Waals surface area contributed by atoms with Crippen molar-refractivity contribution in [2.75, 3.05) is 13.1 Å². The van der Waals surface area contributed by atoms with Gasteiger partial charge in [0.1, 0.15) is 6.54 Å². The van der Waals surface area contributed by atoms with Gasteiger partial charge in [0.05, 0.1) is 5.01 Å². The Morgan fingerprint density at radius 2 is 2.16 bits per heavy atom. The Hall–Kier alpha value is -1.63. The van der Waals surface area contributed by atoms with E-state index in [1.54, 1.807) is 20.0 Å². The number of hydrogen-bond acceptors (Lipinski definition) is 4. The third-order valence-electron chi connectivity index (χ3n) is 2.62. The highest BCUT2D eigenvalue weighted by Gasteiger charge is 2.20. The molecule has 0 aromatic carbocycles. The number of thiazole rings is 1. The highest BCUT2D eigenvalue weighted by atomic mass is 32.1. The van der Waals surface area contributed by atoms with Crippen molar-refractivity contribution in [2.45, 2.75) is 32.7 Å². The fourth-order valence-corrected chi connectivity index (χ4v) is 2.24. The molecule has 0 aliphatic heterocycles. The topological polar surface area (TPSA) is 82.5 Å². The predicted molar refractivity (Wildman–Crippen MR) is 73.4 cm³/mol. The van der Waals surface area contributed by atoms with Crippen LogP contribution in [-0.4, -0.2) is 46.1 Å². The maximum atomic E-state index is 11.9. The second-order valence-corrected chi connectivity index (χ2v) is 5.50. The van der Waals surface area contributed by atoms with Crippen molar-refractivity contribution in [2.24, 2.45) is 0 Å². The predicted octanol–water partition coefficient (Wildman–Crippen LogP) is 1.75. The Morgan fingerprint density at radius 1 is 1.47 bits per heavy atom. The monoisotopic (exact) mass is 285 g/mol. The van der Waals surface area contributed by atoms with Crippen LogP contribution in [0, 0.1) is 0 Å². The normalized spacial score (nSPS) is 12.2. The summed E-state index contributed by atoms with van der Waals surface area (Å²) in [4.78, 5) is 28.1. The summed E-state index contributed by atoms with van der Waals surface area (Å²) in [5.41, 5.74) is 0. The number of carboxylic acid groups (broad SMARTS) is 1. The number of hydrogen-bond donors (Lipinski definition) is 2. The lowest BCUT2D eigenvalue weighted by molar-refractivity contribution is -0.138. The molecule has 19 heavy (non-hydrogen) atoms. The molecule has 0 aliphatic rings. The van der Waals surface area contributed by atoms with E-state index in [1.807, 2.05) is 12.3 Å².